The van der Waals surface area contributed by atoms with Gasteiger partial charge in [-0.15, -0.1) is 5.10 Å². The average Bonchev–Trinajstić information content (AvgIpc) is 2.88. The first kappa shape index (κ1) is 14.9. The van der Waals surface area contributed by atoms with Crippen molar-refractivity contribution in [1.82, 2.24) is 15.2 Å². The molecule has 0 unspecified atom stereocenters. The number of carbonyl (C=O) groups is 1. The van der Waals surface area contributed by atoms with Gasteiger partial charge in [-0.1, -0.05) is 36.4 Å². The van der Waals surface area contributed by atoms with Gasteiger partial charge in [-0.05, 0) is 24.6 Å². The quantitative estimate of drug-likeness (QED) is 0.833. The minimum absolute atomic E-state index is 0.136. The number of H-pyrrole nitrogens is 1. The molecule has 0 bridgehead atoms. The molecular formula is C13H15ClN4OS. The third-order valence-corrected chi connectivity index (χ3v) is 3.74. The maximum Gasteiger partial charge on any atom is 0.234 e. The molecule has 0 atom stereocenters. The fourth-order valence-corrected chi connectivity index (χ4v) is 2.44. The van der Waals surface area contributed by atoms with Crippen molar-refractivity contribution in [3.63, 3.8) is 0 Å². The molecule has 5 nitrogen and oxygen atoms in total. The van der Waals surface area contributed by atoms with Gasteiger partial charge in [-0.25, -0.2) is 4.98 Å². The smallest absolute Gasteiger partial charge is 0.234 e. The minimum Gasteiger partial charge on any atom is -0.324 e. The van der Waals surface area contributed by atoms with E-state index in [0.29, 0.717) is 15.9 Å². The fraction of sp³-hybridized carbons (Fsp3) is 0.308. The van der Waals surface area contributed by atoms with Crippen LogP contribution in [0.15, 0.2) is 23.4 Å². The molecule has 1 aromatic heterocycles. The van der Waals surface area contributed by atoms with E-state index in [2.05, 4.69) is 20.5 Å². The van der Waals surface area contributed by atoms with E-state index in [1.54, 1.807) is 6.07 Å². The number of thioether (sulfide) groups is 1. The number of hydrogen-bond acceptors (Lipinski definition) is 4. The van der Waals surface area contributed by atoms with E-state index in [0.717, 1.165) is 17.8 Å². The summed E-state index contributed by atoms with van der Waals surface area (Å²) in [5, 5.41) is 10.7. The number of aryl methyl sites for hydroxylation is 2. The highest BCUT2D eigenvalue weighted by Gasteiger charge is 2.09. The van der Waals surface area contributed by atoms with E-state index < -0.39 is 0 Å². The largest absolute Gasteiger partial charge is 0.324 e. The van der Waals surface area contributed by atoms with Gasteiger partial charge in [0.1, 0.15) is 5.82 Å². The zero-order chi connectivity index (χ0) is 14.5. The number of hydrogen-bond donors (Lipinski definition) is 2. The highest BCUT2D eigenvalue weighted by molar-refractivity contribution is 7.99. The molecule has 1 heterocycles. The van der Waals surface area contributed by atoms with Gasteiger partial charge in [-0.3, -0.25) is 9.89 Å². The van der Waals surface area contributed by atoms with Crippen molar-refractivity contribution in [2.45, 2.75) is 25.4 Å². The highest BCUT2D eigenvalue weighted by atomic mass is 35.5. The van der Waals surface area contributed by atoms with E-state index in [-0.39, 0.29) is 11.7 Å². The number of rotatable bonds is 5. The summed E-state index contributed by atoms with van der Waals surface area (Å²) < 4.78 is 0. The lowest BCUT2D eigenvalue weighted by Crippen LogP contribution is -2.14. The normalized spacial score (nSPS) is 10.6. The van der Waals surface area contributed by atoms with Gasteiger partial charge >= 0.3 is 0 Å². The van der Waals surface area contributed by atoms with Crippen LogP contribution in [0.4, 0.5) is 5.69 Å². The first-order valence-corrected chi connectivity index (χ1v) is 7.55. The zero-order valence-corrected chi connectivity index (χ0v) is 12.8. The van der Waals surface area contributed by atoms with E-state index in [4.69, 9.17) is 11.6 Å². The number of aromatic nitrogens is 3. The van der Waals surface area contributed by atoms with Gasteiger partial charge < -0.3 is 5.32 Å². The van der Waals surface area contributed by atoms with Crippen LogP contribution in [-0.4, -0.2) is 26.8 Å². The molecule has 2 aromatic rings. The monoisotopic (exact) mass is 310 g/mol. The van der Waals surface area contributed by atoms with Crippen LogP contribution >= 0.6 is 23.4 Å². The molecule has 0 radical (unpaired) electrons. The fourth-order valence-electron chi connectivity index (χ4n) is 1.54. The summed E-state index contributed by atoms with van der Waals surface area (Å²) >= 11 is 7.35. The molecule has 0 spiro atoms. The van der Waals surface area contributed by atoms with Gasteiger partial charge in [0.15, 0.2) is 0 Å². The SMILES string of the molecule is CCc1nc(SCC(=O)Nc2ccc(C)cc2Cl)n[nH]1. The van der Waals surface area contributed by atoms with Crippen LogP contribution < -0.4 is 5.32 Å². The van der Waals surface area contributed by atoms with Crippen molar-refractivity contribution in [3.05, 3.63) is 34.6 Å². The Balaban J connectivity index is 1.89. The third kappa shape index (κ3) is 3.98. The molecule has 0 fully saturated rings. The van der Waals surface area contributed by atoms with Crippen molar-refractivity contribution in [1.29, 1.82) is 0 Å². The van der Waals surface area contributed by atoms with Crippen molar-refractivity contribution in [3.8, 4) is 0 Å². The van der Waals surface area contributed by atoms with Crippen molar-refractivity contribution >= 4 is 35.0 Å². The molecule has 106 valence electrons. The lowest BCUT2D eigenvalue weighted by molar-refractivity contribution is -0.113. The number of nitrogens with one attached hydrogen (secondary N) is 2. The van der Waals surface area contributed by atoms with Crippen molar-refractivity contribution in [2.75, 3.05) is 11.1 Å². The Morgan fingerprint density at radius 3 is 2.95 bits per heavy atom. The number of benzene rings is 1. The summed E-state index contributed by atoms with van der Waals surface area (Å²) in [5.74, 6) is 0.920. The number of aromatic amines is 1. The molecule has 1 aromatic carbocycles. The molecule has 0 aliphatic rings. The Hall–Kier alpha value is -1.53. The Morgan fingerprint density at radius 1 is 1.50 bits per heavy atom. The second kappa shape index (κ2) is 6.76. The number of halogens is 1. The Morgan fingerprint density at radius 2 is 2.30 bits per heavy atom. The summed E-state index contributed by atoms with van der Waals surface area (Å²) in [6, 6.07) is 5.51. The molecule has 0 aliphatic heterocycles. The minimum atomic E-state index is -0.136. The van der Waals surface area contributed by atoms with E-state index in [9.17, 15) is 4.79 Å². The Labute approximate surface area is 126 Å². The van der Waals surface area contributed by atoms with Crippen LogP contribution in [0.5, 0.6) is 0 Å². The lowest BCUT2D eigenvalue weighted by atomic mass is 10.2. The van der Waals surface area contributed by atoms with Crippen LogP contribution in [0.3, 0.4) is 0 Å². The maximum atomic E-state index is 11.8. The summed E-state index contributed by atoms with van der Waals surface area (Å²) in [6.45, 7) is 3.93. The van der Waals surface area contributed by atoms with Crippen molar-refractivity contribution < 1.29 is 4.79 Å². The molecule has 2 rings (SSSR count). The third-order valence-electron chi connectivity index (χ3n) is 2.58. The number of anilines is 1. The molecule has 7 heteroatoms. The lowest BCUT2D eigenvalue weighted by Gasteiger charge is -2.06. The Bertz CT molecular complexity index is 614. The first-order valence-electron chi connectivity index (χ1n) is 6.18. The van der Waals surface area contributed by atoms with Gasteiger partial charge in [0.2, 0.25) is 11.1 Å². The van der Waals surface area contributed by atoms with Gasteiger partial charge in [0.25, 0.3) is 0 Å². The van der Waals surface area contributed by atoms with Gasteiger partial charge in [0.05, 0.1) is 16.5 Å². The highest BCUT2D eigenvalue weighted by Crippen LogP contribution is 2.23. The second-order valence-electron chi connectivity index (χ2n) is 4.24. The van der Waals surface area contributed by atoms with Crippen LogP contribution in [0.1, 0.15) is 18.3 Å². The van der Waals surface area contributed by atoms with Crippen LogP contribution in [0.25, 0.3) is 0 Å². The topological polar surface area (TPSA) is 70.7 Å². The maximum absolute atomic E-state index is 11.8. The number of amides is 1. The molecule has 0 saturated heterocycles. The predicted octanol–water partition coefficient (Wildman–Crippen LogP) is 3.06. The predicted molar refractivity (Wildman–Crippen MR) is 81.3 cm³/mol. The molecule has 0 saturated carbocycles. The molecular weight excluding hydrogens is 296 g/mol. The van der Waals surface area contributed by atoms with E-state index >= 15 is 0 Å². The zero-order valence-electron chi connectivity index (χ0n) is 11.2. The summed E-state index contributed by atoms with van der Waals surface area (Å²) in [7, 11) is 0. The van der Waals surface area contributed by atoms with E-state index in [1.165, 1.54) is 11.8 Å². The molecule has 20 heavy (non-hydrogen) atoms. The second-order valence-corrected chi connectivity index (χ2v) is 5.59. The number of nitrogens with zero attached hydrogens (tertiary/aromatic N) is 2. The van der Waals surface area contributed by atoms with E-state index in [1.807, 2.05) is 26.0 Å². The van der Waals surface area contributed by atoms with Crippen molar-refractivity contribution in [2.24, 2.45) is 0 Å². The average molecular weight is 311 g/mol. The van der Waals surface area contributed by atoms with Crippen LogP contribution in [0.2, 0.25) is 5.02 Å². The first-order chi connectivity index (χ1) is 9.58. The summed E-state index contributed by atoms with van der Waals surface area (Å²) in [4.78, 5) is 16.1. The summed E-state index contributed by atoms with van der Waals surface area (Å²) in [5.41, 5.74) is 1.67. The number of carbonyl (C=O) groups excluding carboxylic acids is 1. The van der Waals surface area contributed by atoms with Gasteiger partial charge in [0, 0.05) is 6.42 Å². The van der Waals surface area contributed by atoms with Gasteiger partial charge in [-0.2, -0.15) is 0 Å². The molecule has 2 N–H and O–H groups in total. The molecule has 1 amide bonds. The standard InChI is InChI=1S/C13H15ClN4OS/c1-3-11-16-13(18-17-11)20-7-12(19)15-10-5-4-8(2)6-9(10)14/h4-6H,3,7H2,1-2H3,(H,15,19)(H,16,17,18). The molecule has 0 aliphatic carbocycles. The summed E-state index contributed by atoms with van der Waals surface area (Å²) in [6.07, 6.45) is 0.790. The van der Waals surface area contributed by atoms with Crippen LogP contribution in [0, 0.1) is 6.92 Å². The Kier molecular flexibility index (Phi) is 5.03. The van der Waals surface area contributed by atoms with Crippen LogP contribution in [-0.2, 0) is 11.2 Å².